The third-order valence-corrected chi connectivity index (χ3v) is 5.73. The summed E-state index contributed by atoms with van der Waals surface area (Å²) in [6.07, 6.45) is 6.41. The fraction of sp³-hybridized carbons (Fsp3) is 0.500. The highest BCUT2D eigenvalue weighted by molar-refractivity contribution is 7.98. The minimum atomic E-state index is 0.548. The largest absolute Gasteiger partial charge is 0.303 e. The Hall–Kier alpha value is -0.710. The lowest BCUT2D eigenvalue weighted by Crippen LogP contribution is -2.15. The molecule has 118 valence electrons. The van der Waals surface area contributed by atoms with Crippen molar-refractivity contribution in [3.05, 3.63) is 39.6 Å². The first kappa shape index (κ1) is 16.2. The summed E-state index contributed by atoms with van der Waals surface area (Å²) in [5, 5.41) is 11.0. The molecule has 0 amide bonds. The fourth-order valence-electron chi connectivity index (χ4n) is 2.99. The summed E-state index contributed by atoms with van der Waals surface area (Å²) >= 11 is 13.9. The van der Waals surface area contributed by atoms with Crippen molar-refractivity contribution in [1.82, 2.24) is 14.8 Å². The van der Waals surface area contributed by atoms with Gasteiger partial charge in [-0.15, -0.1) is 10.2 Å². The van der Waals surface area contributed by atoms with Gasteiger partial charge in [0.1, 0.15) is 5.82 Å². The second kappa shape index (κ2) is 7.24. The Bertz CT molecular complexity index is 651. The number of hydrogen-bond acceptors (Lipinski definition) is 3. The molecule has 1 aromatic heterocycles. The summed E-state index contributed by atoms with van der Waals surface area (Å²) in [7, 11) is 0. The van der Waals surface area contributed by atoms with Crippen molar-refractivity contribution in [2.45, 2.75) is 56.0 Å². The Morgan fingerprint density at radius 2 is 1.95 bits per heavy atom. The molecular weight excluding hydrogens is 337 g/mol. The summed E-state index contributed by atoms with van der Waals surface area (Å²) in [5.74, 6) is 1.79. The van der Waals surface area contributed by atoms with Crippen LogP contribution in [0.5, 0.6) is 0 Å². The maximum atomic E-state index is 6.25. The lowest BCUT2D eigenvalue weighted by atomic mass is 9.95. The highest BCUT2D eigenvalue weighted by Crippen LogP contribution is 2.34. The van der Waals surface area contributed by atoms with Gasteiger partial charge in [-0.25, -0.2) is 0 Å². The fourth-order valence-corrected chi connectivity index (χ4v) is 4.60. The van der Waals surface area contributed by atoms with Gasteiger partial charge in [-0.2, -0.15) is 0 Å². The van der Waals surface area contributed by atoms with Crippen LogP contribution in [-0.2, 0) is 5.75 Å². The number of aryl methyl sites for hydroxylation is 1. The Morgan fingerprint density at radius 3 is 2.68 bits per heavy atom. The zero-order valence-corrected chi connectivity index (χ0v) is 14.9. The molecular formula is C16H19Cl2N3S. The number of thioether (sulfide) groups is 1. The van der Waals surface area contributed by atoms with E-state index in [0.29, 0.717) is 16.1 Å². The molecule has 2 aromatic rings. The van der Waals surface area contributed by atoms with Gasteiger partial charge < -0.3 is 4.57 Å². The first-order valence-electron chi connectivity index (χ1n) is 7.63. The lowest BCUT2D eigenvalue weighted by Gasteiger charge is -2.25. The number of rotatable bonds is 4. The molecule has 0 unspecified atom stereocenters. The zero-order chi connectivity index (χ0) is 15.5. The Morgan fingerprint density at radius 1 is 1.18 bits per heavy atom. The van der Waals surface area contributed by atoms with Crippen LogP contribution < -0.4 is 0 Å². The molecule has 1 aromatic carbocycles. The van der Waals surface area contributed by atoms with Crippen LogP contribution >= 0.6 is 35.0 Å². The average molecular weight is 356 g/mol. The molecule has 0 aliphatic heterocycles. The van der Waals surface area contributed by atoms with Crippen molar-refractivity contribution in [2.75, 3.05) is 0 Å². The molecule has 0 radical (unpaired) electrons. The summed E-state index contributed by atoms with van der Waals surface area (Å²) in [6, 6.07) is 6.19. The molecule has 1 aliphatic rings. The molecule has 3 nitrogen and oxygen atoms in total. The van der Waals surface area contributed by atoms with Gasteiger partial charge in [0.15, 0.2) is 5.16 Å². The van der Waals surface area contributed by atoms with E-state index < -0.39 is 0 Å². The van der Waals surface area contributed by atoms with Gasteiger partial charge in [0, 0.05) is 21.8 Å². The standard InChI is InChI=1S/C16H19Cl2N3S/c1-11-19-20-16(21(11)14-5-3-2-4-6-14)22-10-12-7-8-13(17)9-15(12)18/h7-9,14H,2-6,10H2,1H3. The summed E-state index contributed by atoms with van der Waals surface area (Å²) in [4.78, 5) is 0. The topological polar surface area (TPSA) is 30.7 Å². The number of nitrogens with zero attached hydrogens (tertiary/aromatic N) is 3. The quantitative estimate of drug-likeness (QED) is 0.659. The third kappa shape index (κ3) is 3.61. The predicted molar refractivity (Wildman–Crippen MR) is 92.9 cm³/mol. The number of benzene rings is 1. The summed E-state index contributed by atoms with van der Waals surface area (Å²) in [5.41, 5.74) is 1.08. The van der Waals surface area contributed by atoms with Gasteiger partial charge in [-0.3, -0.25) is 0 Å². The molecule has 22 heavy (non-hydrogen) atoms. The van der Waals surface area contributed by atoms with E-state index in [2.05, 4.69) is 14.8 Å². The molecule has 0 spiro atoms. The van der Waals surface area contributed by atoms with Crippen molar-refractivity contribution in [2.24, 2.45) is 0 Å². The number of halogens is 2. The Kier molecular flexibility index (Phi) is 5.32. The molecule has 3 rings (SSSR count). The maximum Gasteiger partial charge on any atom is 0.191 e. The van der Waals surface area contributed by atoms with Gasteiger partial charge in [-0.05, 0) is 37.5 Å². The SMILES string of the molecule is Cc1nnc(SCc2ccc(Cl)cc2Cl)n1C1CCCCC1. The highest BCUT2D eigenvalue weighted by atomic mass is 35.5. The maximum absolute atomic E-state index is 6.25. The summed E-state index contributed by atoms with van der Waals surface area (Å²) in [6.45, 7) is 2.04. The van der Waals surface area contributed by atoms with Crippen LogP contribution in [0.4, 0.5) is 0 Å². The van der Waals surface area contributed by atoms with Gasteiger partial charge >= 0.3 is 0 Å². The van der Waals surface area contributed by atoms with E-state index in [9.17, 15) is 0 Å². The van der Waals surface area contributed by atoms with Gasteiger partial charge in [0.05, 0.1) is 0 Å². The third-order valence-electron chi connectivity index (χ3n) is 4.15. The molecule has 1 aliphatic carbocycles. The van der Waals surface area contributed by atoms with Gasteiger partial charge in [-0.1, -0.05) is 60.3 Å². The monoisotopic (exact) mass is 355 g/mol. The smallest absolute Gasteiger partial charge is 0.191 e. The minimum absolute atomic E-state index is 0.548. The molecule has 1 heterocycles. The number of aromatic nitrogens is 3. The minimum Gasteiger partial charge on any atom is -0.303 e. The van der Waals surface area contributed by atoms with Crippen molar-refractivity contribution < 1.29 is 0 Å². The average Bonchev–Trinajstić information content (AvgIpc) is 2.88. The molecule has 6 heteroatoms. The summed E-state index contributed by atoms with van der Waals surface area (Å²) < 4.78 is 2.31. The van der Waals surface area contributed by atoms with Crippen molar-refractivity contribution in [1.29, 1.82) is 0 Å². The van der Waals surface area contributed by atoms with E-state index in [-0.39, 0.29) is 0 Å². The van der Waals surface area contributed by atoms with Crippen LogP contribution in [0.25, 0.3) is 0 Å². The number of hydrogen-bond donors (Lipinski definition) is 0. The van der Waals surface area contributed by atoms with Gasteiger partial charge in [0.25, 0.3) is 0 Å². The first-order chi connectivity index (χ1) is 10.6. The molecule has 0 N–H and O–H groups in total. The van der Waals surface area contributed by atoms with Crippen LogP contribution in [0.1, 0.15) is 49.5 Å². The molecule has 0 bridgehead atoms. The lowest BCUT2D eigenvalue weighted by molar-refractivity contribution is 0.332. The van der Waals surface area contributed by atoms with Crippen LogP contribution in [0, 0.1) is 6.92 Å². The highest BCUT2D eigenvalue weighted by Gasteiger charge is 2.21. The van der Waals surface area contributed by atoms with E-state index in [1.54, 1.807) is 17.8 Å². The second-order valence-electron chi connectivity index (χ2n) is 5.72. The normalized spacial score (nSPS) is 16.1. The Labute approximate surface area is 145 Å². The van der Waals surface area contributed by atoms with E-state index in [1.165, 1.54) is 32.1 Å². The second-order valence-corrected chi connectivity index (χ2v) is 7.50. The van der Waals surface area contributed by atoms with E-state index in [0.717, 1.165) is 22.3 Å². The molecule has 0 atom stereocenters. The van der Waals surface area contributed by atoms with E-state index in [1.807, 2.05) is 19.1 Å². The van der Waals surface area contributed by atoms with Crippen molar-refractivity contribution in [3.63, 3.8) is 0 Å². The van der Waals surface area contributed by atoms with Crippen LogP contribution in [0.2, 0.25) is 10.0 Å². The van der Waals surface area contributed by atoms with Gasteiger partial charge in [0.2, 0.25) is 0 Å². The first-order valence-corrected chi connectivity index (χ1v) is 9.37. The zero-order valence-electron chi connectivity index (χ0n) is 12.6. The molecule has 1 fully saturated rings. The Balaban J connectivity index is 1.75. The van der Waals surface area contributed by atoms with Crippen molar-refractivity contribution >= 4 is 35.0 Å². The van der Waals surface area contributed by atoms with E-state index in [4.69, 9.17) is 23.2 Å². The molecule has 1 saturated carbocycles. The van der Waals surface area contributed by atoms with Crippen LogP contribution in [-0.4, -0.2) is 14.8 Å². The van der Waals surface area contributed by atoms with E-state index >= 15 is 0 Å². The predicted octanol–water partition coefficient (Wildman–Crippen LogP) is 5.69. The van der Waals surface area contributed by atoms with Crippen LogP contribution in [0.3, 0.4) is 0 Å². The van der Waals surface area contributed by atoms with Crippen molar-refractivity contribution in [3.8, 4) is 0 Å². The molecule has 0 saturated heterocycles. The van der Waals surface area contributed by atoms with Crippen LogP contribution in [0.15, 0.2) is 23.4 Å².